The summed E-state index contributed by atoms with van der Waals surface area (Å²) in [5.74, 6) is 0. The van der Waals surface area contributed by atoms with Crippen LogP contribution in [0.4, 0.5) is 0 Å². The van der Waals surface area contributed by atoms with E-state index < -0.39 is 0 Å². The Balaban J connectivity index is 2.85. The highest BCUT2D eigenvalue weighted by atomic mass is 14.4. The predicted octanol–water partition coefficient (Wildman–Crippen LogP) is 1.54. The second-order valence-corrected chi connectivity index (χ2v) is 1.84. The van der Waals surface area contributed by atoms with Gasteiger partial charge in [0, 0.05) is 12.4 Å². The highest BCUT2D eigenvalue weighted by molar-refractivity contribution is 5.97. The fourth-order valence-electron chi connectivity index (χ4n) is 0.833. The van der Waals surface area contributed by atoms with Gasteiger partial charge >= 0.3 is 0 Å². The molecule has 46 valence electrons. The quantitative estimate of drug-likeness (QED) is 0.519. The number of rotatable bonds is 2. The SMILES string of the molecule is N=CC1=CCC=C1C=N. The van der Waals surface area contributed by atoms with E-state index in [0.29, 0.717) is 0 Å². The average Bonchev–Trinajstić information content (AvgIpc) is 2.33. The number of allylic oxidation sites excluding steroid dienone is 4. The van der Waals surface area contributed by atoms with E-state index in [1.165, 1.54) is 12.4 Å². The van der Waals surface area contributed by atoms with Gasteiger partial charge in [0.25, 0.3) is 0 Å². The Bertz CT molecular complexity index is 177. The van der Waals surface area contributed by atoms with Crippen LogP contribution >= 0.6 is 0 Å². The third-order valence-electron chi connectivity index (χ3n) is 1.32. The summed E-state index contributed by atoms with van der Waals surface area (Å²) in [5.41, 5.74) is 1.73. The monoisotopic (exact) mass is 120 g/mol. The zero-order valence-electron chi connectivity index (χ0n) is 5.02. The Labute approximate surface area is 53.9 Å². The van der Waals surface area contributed by atoms with Crippen LogP contribution in [0.5, 0.6) is 0 Å². The van der Waals surface area contributed by atoms with Gasteiger partial charge in [0.1, 0.15) is 0 Å². The van der Waals surface area contributed by atoms with Gasteiger partial charge in [-0.25, -0.2) is 0 Å². The molecule has 2 nitrogen and oxygen atoms in total. The Kier molecular flexibility index (Phi) is 1.58. The molecule has 9 heavy (non-hydrogen) atoms. The molecule has 2 heteroatoms. The van der Waals surface area contributed by atoms with Gasteiger partial charge in [0.05, 0.1) is 0 Å². The highest BCUT2D eigenvalue weighted by Crippen LogP contribution is 2.14. The van der Waals surface area contributed by atoms with Crippen molar-refractivity contribution in [1.29, 1.82) is 10.8 Å². The molecule has 0 unspecified atom stereocenters. The normalized spacial score (nSPS) is 16.4. The molecule has 0 atom stereocenters. The Morgan fingerprint density at radius 2 is 1.56 bits per heavy atom. The van der Waals surface area contributed by atoms with E-state index in [-0.39, 0.29) is 0 Å². The average molecular weight is 120 g/mol. The van der Waals surface area contributed by atoms with Crippen LogP contribution in [-0.2, 0) is 0 Å². The van der Waals surface area contributed by atoms with Gasteiger partial charge in [-0.3, -0.25) is 0 Å². The van der Waals surface area contributed by atoms with Gasteiger partial charge in [-0.2, -0.15) is 0 Å². The Hall–Kier alpha value is -1.18. The summed E-state index contributed by atoms with van der Waals surface area (Å²) in [6.07, 6.45) is 7.31. The van der Waals surface area contributed by atoms with Crippen molar-refractivity contribution in [3.8, 4) is 0 Å². The maximum atomic E-state index is 6.90. The first-order valence-electron chi connectivity index (χ1n) is 2.80. The van der Waals surface area contributed by atoms with Gasteiger partial charge in [0.15, 0.2) is 0 Å². The zero-order valence-corrected chi connectivity index (χ0v) is 5.02. The highest BCUT2D eigenvalue weighted by Gasteiger charge is 2.02. The van der Waals surface area contributed by atoms with E-state index >= 15 is 0 Å². The molecular formula is C7H8N2. The van der Waals surface area contributed by atoms with Crippen LogP contribution in [0.3, 0.4) is 0 Å². The van der Waals surface area contributed by atoms with E-state index in [1.807, 2.05) is 12.2 Å². The lowest BCUT2D eigenvalue weighted by Gasteiger charge is -1.90. The van der Waals surface area contributed by atoms with Gasteiger partial charge < -0.3 is 10.8 Å². The molecule has 0 aromatic carbocycles. The molecule has 1 aliphatic rings. The summed E-state index contributed by atoms with van der Waals surface area (Å²) in [6, 6.07) is 0. The molecule has 0 amide bonds. The molecule has 0 aliphatic heterocycles. The van der Waals surface area contributed by atoms with Crippen LogP contribution in [0.2, 0.25) is 0 Å². The maximum absolute atomic E-state index is 6.90. The van der Waals surface area contributed by atoms with Gasteiger partial charge in [-0.1, -0.05) is 12.2 Å². The van der Waals surface area contributed by atoms with Gasteiger partial charge in [0.2, 0.25) is 0 Å². The molecule has 0 aromatic heterocycles. The maximum Gasteiger partial charge on any atom is 0.0253 e. The molecule has 0 spiro atoms. The van der Waals surface area contributed by atoms with Gasteiger partial charge in [-0.15, -0.1) is 0 Å². The first kappa shape index (κ1) is 5.95. The second kappa shape index (κ2) is 2.40. The largest absolute Gasteiger partial charge is 0.308 e. The first-order valence-corrected chi connectivity index (χ1v) is 2.80. The molecule has 0 fully saturated rings. The second-order valence-electron chi connectivity index (χ2n) is 1.84. The van der Waals surface area contributed by atoms with E-state index in [1.54, 1.807) is 0 Å². The summed E-state index contributed by atoms with van der Waals surface area (Å²) in [6.45, 7) is 0. The molecule has 0 heterocycles. The number of hydrogen-bond donors (Lipinski definition) is 2. The van der Waals surface area contributed by atoms with Crippen LogP contribution < -0.4 is 0 Å². The molecular weight excluding hydrogens is 112 g/mol. The first-order chi connectivity index (χ1) is 4.38. The molecule has 2 N–H and O–H groups in total. The van der Waals surface area contributed by atoms with Crippen molar-refractivity contribution in [1.82, 2.24) is 0 Å². The van der Waals surface area contributed by atoms with Crippen molar-refractivity contribution < 1.29 is 0 Å². The summed E-state index contributed by atoms with van der Waals surface area (Å²) in [7, 11) is 0. The molecule has 0 bridgehead atoms. The molecule has 1 rings (SSSR count). The van der Waals surface area contributed by atoms with Crippen molar-refractivity contribution in [2.45, 2.75) is 6.42 Å². The van der Waals surface area contributed by atoms with E-state index in [2.05, 4.69) is 0 Å². The third-order valence-corrected chi connectivity index (χ3v) is 1.32. The minimum atomic E-state index is 0.866. The van der Waals surface area contributed by atoms with E-state index in [4.69, 9.17) is 10.8 Å². The summed E-state index contributed by atoms with van der Waals surface area (Å²) in [4.78, 5) is 0. The summed E-state index contributed by atoms with van der Waals surface area (Å²) < 4.78 is 0. The lowest BCUT2D eigenvalue weighted by molar-refractivity contribution is 1.44. The van der Waals surface area contributed by atoms with Gasteiger partial charge in [-0.05, 0) is 17.6 Å². The number of hydrogen-bond acceptors (Lipinski definition) is 2. The van der Waals surface area contributed by atoms with Crippen LogP contribution in [-0.4, -0.2) is 12.4 Å². The minimum absolute atomic E-state index is 0.866. The molecule has 0 saturated heterocycles. The Morgan fingerprint density at radius 3 is 1.89 bits per heavy atom. The van der Waals surface area contributed by atoms with Crippen molar-refractivity contribution in [3.05, 3.63) is 23.3 Å². The van der Waals surface area contributed by atoms with Crippen LogP contribution in [0, 0.1) is 10.8 Å². The van der Waals surface area contributed by atoms with E-state index in [0.717, 1.165) is 17.6 Å². The summed E-state index contributed by atoms with van der Waals surface area (Å²) >= 11 is 0. The standard InChI is InChI=1S/C7H8N2/c8-4-6-2-1-3-7(6)5-9/h2-5,8-9H,1H2. The van der Waals surface area contributed by atoms with Crippen LogP contribution in [0.15, 0.2) is 23.3 Å². The smallest absolute Gasteiger partial charge is 0.0253 e. The van der Waals surface area contributed by atoms with Crippen molar-refractivity contribution >= 4 is 12.4 Å². The Morgan fingerprint density at radius 1 is 1.11 bits per heavy atom. The molecule has 0 aromatic rings. The van der Waals surface area contributed by atoms with E-state index in [9.17, 15) is 0 Å². The lowest BCUT2D eigenvalue weighted by atomic mass is 10.2. The fraction of sp³-hybridized carbons (Fsp3) is 0.143. The predicted molar refractivity (Wildman–Crippen MR) is 38.4 cm³/mol. The van der Waals surface area contributed by atoms with Crippen molar-refractivity contribution in [2.24, 2.45) is 0 Å². The lowest BCUT2D eigenvalue weighted by Crippen LogP contribution is -1.85. The zero-order chi connectivity index (χ0) is 6.69. The van der Waals surface area contributed by atoms with Crippen LogP contribution in [0.1, 0.15) is 6.42 Å². The number of nitrogens with one attached hydrogen (secondary N) is 2. The third kappa shape index (κ3) is 0.964. The molecule has 0 radical (unpaired) electrons. The molecule has 1 aliphatic carbocycles. The topological polar surface area (TPSA) is 47.7 Å². The minimum Gasteiger partial charge on any atom is -0.308 e. The van der Waals surface area contributed by atoms with Crippen LogP contribution in [0.25, 0.3) is 0 Å². The fourth-order valence-corrected chi connectivity index (χ4v) is 0.833. The molecule has 0 saturated carbocycles. The van der Waals surface area contributed by atoms with Crippen molar-refractivity contribution in [3.63, 3.8) is 0 Å². The van der Waals surface area contributed by atoms with Crippen molar-refractivity contribution in [2.75, 3.05) is 0 Å². The summed E-state index contributed by atoms with van der Waals surface area (Å²) in [5, 5.41) is 13.8.